The monoisotopic (exact) mass is 230 g/mol. The van der Waals surface area contributed by atoms with Crippen molar-refractivity contribution in [3.05, 3.63) is 11.4 Å². The average molecular weight is 230 g/mol. The number of carbonyl (C=O) groups is 1. The molecule has 0 fully saturated rings. The SMILES string of the molecule is CCOC(=O)c1nc(P)[nH]c1C(C)(C)O. The molecule has 1 atom stereocenters. The standard InChI is InChI=1S/C9H15N2O3P/c1-4-14-7(12)5-6(9(2,3)13)11-8(15)10-5/h13H,4,15H2,1-3H3,(H,10,11). The van der Waals surface area contributed by atoms with E-state index >= 15 is 0 Å². The van der Waals surface area contributed by atoms with E-state index in [0.717, 1.165) is 0 Å². The van der Waals surface area contributed by atoms with Gasteiger partial charge in [0.25, 0.3) is 0 Å². The summed E-state index contributed by atoms with van der Waals surface area (Å²) in [5.74, 6) is -0.528. The second kappa shape index (κ2) is 4.29. The molecular formula is C9H15N2O3P. The Bertz CT molecular complexity index is 368. The first-order chi connectivity index (χ1) is 6.86. The Kier molecular flexibility index (Phi) is 3.47. The van der Waals surface area contributed by atoms with Crippen LogP contribution < -0.4 is 5.57 Å². The van der Waals surface area contributed by atoms with E-state index in [4.69, 9.17) is 4.74 Å². The van der Waals surface area contributed by atoms with Gasteiger partial charge in [-0.1, -0.05) is 9.24 Å². The van der Waals surface area contributed by atoms with Crippen molar-refractivity contribution in [3.63, 3.8) is 0 Å². The van der Waals surface area contributed by atoms with Crippen LogP contribution in [-0.4, -0.2) is 27.7 Å². The third-order valence-corrected chi connectivity index (χ3v) is 2.08. The van der Waals surface area contributed by atoms with Crippen LogP contribution in [0.1, 0.15) is 37.0 Å². The summed E-state index contributed by atoms with van der Waals surface area (Å²) < 4.78 is 4.84. The highest BCUT2D eigenvalue weighted by Gasteiger charge is 2.28. The predicted molar refractivity (Wildman–Crippen MR) is 59.1 cm³/mol. The fourth-order valence-corrected chi connectivity index (χ4v) is 1.45. The van der Waals surface area contributed by atoms with Crippen molar-refractivity contribution >= 4 is 20.8 Å². The summed E-state index contributed by atoms with van der Waals surface area (Å²) in [4.78, 5) is 18.3. The molecule has 1 rings (SSSR count). The Morgan fingerprint density at radius 2 is 2.27 bits per heavy atom. The van der Waals surface area contributed by atoms with E-state index in [1.165, 1.54) is 0 Å². The van der Waals surface area contributed by atoms with Crippen LogP contribution in [-0.2, 0) is 10.3 Å². The summed E-state index contributed by atoms with van der Waals surface area (Å²) in [6.45, 7) is 5.15. The molecule has 6 heteroatoms. The number of ether oxygens (including phenoxy) is 1. The molecule has 84 valence electrons. The van der Waals surface area contributed by atoms with E-state index in [-0.39, 0.29) is 12.3 Å². The molecule has 0 bridgehead atoms. The Balaban J connectivity index is 3.12. The van der Waals surface area contributed by atoms with E-state index in [0.29, 0.717) is 11.3 Å². The summed E-state index contributed by atoms with van der Waals surface area (Å²) in [6.07, 6.45) is 0. The molecular weight excluding hydrogens is 215 g/mol. The zero-order valence-electron chi connectivity index (χ0n) is 9.00. The van der Waals surface area contributed by atoms with Gasteiger partial charge < -0.3 is 14.8 Å². The fraction of sp³-hybridized carbons (Fsp3) is 0.556. The first kappa shape index (κ1) is 12.1. The van der Waals surface area contributed by atoms with Crippen molar-refractivity contribution in [1.29, 1.82) is 0 Å². The van der Waals surface area contributed by atoms with Crippen molar-refractivity contribution in [2.24, 2.45) is 0 Å². The van der Waals surface area contributed by atoms with E-state index in [2.05, 4.69) is 19.2 Å². The topological polar surface area (TPSA) is 75.2 Å². The van der Waals surface area contributed by atoms with Crippen LogP contribution in [0.5, 0.6) is 0 Å². The van der Waals surface area contributed by atoms with Crippen LogP contribution in [0.2, 0.25) is 0 Å². The minimum Gasteiger partial charge on any atom is -0.461 e. The van der Waals surface area contributed by atoms with Gasteiger partial charge in [0.05, 0.1) is 12.3 Å². The molecule has 0 aliphatic heterocycles. The molecule has 0 aliphatic rings. The van der Waals surface area contributed by atoms with Gasteiger partial charge in [-0.05, 0) is 20.8 Å². The molecule has 0 amide bonds. The van der Waals surface area contributed by atoms with Crippen molar-refractivity contribution in [2.75, 3.05) is 6.61 Å². The van der Waals surface area contributed by atoms with Crippen molar-refractivity contribution in [1.82, 2.24) is 9.97 Å². The van der Waals surface area contributed by atoms with Crippen LogP contribution in [0.15, 0.2) is 0 Å². The van der Waals surface area contributed by atoms with Gasteiger partial charge in [0.15, 0.2) is 5.69 Å². The lowest BCUT2D eigenvalue weighted by atomic mass is 10.0. The number of imidazole rings is 1. The van der Waals surface area contributed by atoms with Gasteiger partial charge >= 0.3 is 5.97 Å². The molecule has 0 saturated carbocycles. The molecule has 0 aromatic carbocycles. The van der Waals surface area contributed by atoms with Crippen LogP contribution >= 0.6 is 9.24 Å². The normalized spacial score (nSPS) is 11.5. The maximum Gasteiger partial charge on any atom is 0.358 e. The Hall–Kier alpha value is -0.930. The van der Waals surface area contributed by atoms with Crippen molar-refractivity contribution in [3.8, 4) is 0 Å². The third kappa shape index (κ3) is 2.76. The molecule has 1 aromatic heterocycles. The number of carbonyl (C=O) groups excluding carboxylic acids is 1. The quantitative estimate of drug-likeness (QED) is 0.579. The lowest BCUT2D eigenvalue weighted by molar-refractivity contribution is 0.0476. The number of aromatic nitrogens is 2. The highest BCUT2D eigenvalue weighted by molar-refractivity contribution is 7.26. The van der Waals surface area contributed by atoms with Crippen LogP contribution in [0.4, 0.5) is 0 Å². The van der Waals surface area contributed by atoms with Crippen LogP contribution in [0.25, 0.3) is 0 Å². The number of esters is 1. The van der Waals surface area contributed by atoms with Gasteiger partial charge in [0.2, 0.25) is 0 Å². The maximum atomic E-state index is 11.5. The summed E-state index contributed by atoms with van der Waals surface area (Å²) >= 11 is 0. The van der Waals surface area contributed by atoms with Gasteiger partial charge in [-0.3, -0.25) is 0 Å². The molecule has 1 aromatic rings. The second-order valence-electron chi connectivity index (χ2n) is 3.63. The molecule has 0 spiro atoms. The number of hydrogen-bond acceptors (Lipinski definition) is 4. The number of aliphatic hydroxyl groups is 1. The lowest BCUT2D eigenvalue weighted by Gasteiger charge is -2.16. The summed E-state index contributed by atoms with van der Waals surface area (Å²) in [7, 11) is 2.34. The van der Waals surface area contributed by atoms with Crippen LogP contribution in [0.3, 0.4) is 0 Å². The fourth-order valence-electron chi connectivity index (χ4n) is 1.18. The minimum absolute atomic E-state index is 0.134. The maximum absolute atomic E-state index is 11.5. The van der Waals surface area contributed by atoms with E-state index < -0.39 is 11.6 Å². The minimum atomic E-state index is -1.15. The zero-order valence-corrected chi connectivity index (χ0v) is 10.2. The molecule has 15 heavy (non-hydrogen) atoms. The zero-order chi connectivity index (χ0) is 11.6. The predicted octanol–water partition coefficient (Wildman–Crippen LogP) is 0.314. The first-order valence-corrected chi connectivity index (χ1v) is 5.19. The number of nitrogens with one attached hydrogen (secondary N) is 1. The highest BCUT2D eigenvalue weighted by Crippen LogP contribution is 2.20. The molecule has 5 nitrogen and oxygen atoms in total. The molecule has 2 N–H and O–H groups in total. The summed E-state index contributed by atoms with van der Waals surface area (Å²) in [6, 6.07) is 0. The Morgan fingerprint density at radius 3 is 2.73 bits per heavy atom. The average Bonchev–Trinajstić information content (AvgIpc) is 2.47. The number of rotatable bonds is 3. The molecule has 1 heterocycles. The van der Waals surface area contributed by atoms with Gasteiger partial charge in [0, 0.05) is 0 Å². The highest BCUT2D eigenvalue weighted by atomic mass is 31.0. The van der Waals surface area contributed by atoms with E-state index in [1.54, 1.807) is 20.8 Å². The smallest absolute Gasteiger partial charge is 0.358 e. The van der Waals surface area contributed by atoms with Crippen molar-refractivity contribution < 1.29 is 14.6 Å². The van der Waals surface area contributed by atoms with Crippen LogP contribution in [0, 0.1) is 0 Å². The number of aromatic amines is 1. The number of nitrogens with zero attached hydrogens (tertiary/aromatic N) is 1. The van der Waals surface area contributed by atoms with Gasteiger partial charge in [-0.25, -0.2) is 9.78 Å². The van der Waals surface area contributed by atoms with Crippen molar-refractivity contribution in [2.45, 2.75) is 26.4 Å². The lowest BCUT2D eigenvalue weighted by Crippen LogP contribution is -2.21. The summed E-state index contributed by atoms with van der Waals surface area (Å²) in [5.41, 5.74) is -0.153. The number of H-pyrrole nitrogens is 1. The Labute approximate surface area is 90.4 Å². The van der Waals surface area contributed by atoms with E-state index in [9.17, 15) is 9.90 Å². The van der Waals surface area contributed by atoms with Gasteiger partial charge in [-0.15, -0.1) is 0 Å². The molecule has 1 unspecified atom stereocenters. The third-order valence-electron chi connectivity index (χ3n) is 1.80. The summed E-state index contributed by atoms with van der Waals surface area (Å²) in [5, 5.41) is 9.81. The molecule has 0 aliphatic carbocycles. The largest absolute Gasteiger partial charge is 0.461 e. The van der Waals surface area contributed by atoms with Gasteiger partial charge in [0.1, 0.15) is 11.2 Å². The van der Waals surface area contributed by atoms with E-state index in [1.807, 2.05) is 0 Å². The Morgan fingerprint density at radius 1 is 1.67 bits per heavy atom. The van der Waals surface area contributed by atoms with Gasteiger partial charge in [-0.2, -0.15) is 0 Å². The first-order valence-electron chi connectivity index (χ1n) is 4.61. The molecule has 0 saturated heterocycles. The second-order valence-corrected chi connectivity index (χ2v) is 4.17. The number of hydrogen-bond donors (Lipinski definition) is 2. The molecule has 0 radical (unpaired) electrons.